The quantitative estimate of drug-likeness (QED) is 0.366. The van der Waals surface area contributed by atoms with Crippen LogP contribution >= 0.6 is 0 Å². The molecular weight excluding hydrogens is 480 g/mol. The Bertz CT molecular complexity index is 1190. The molecule has 0 unspecified atom stereocenters. The number of ether oxygens (including phenoxy) is 3. The normalized spacial score (nSPS) is 47.5. The number of hydrogen-bond acceptors (Lipinski definition) is 9. The number of epoxide rings is 1. The van der Waals surface area contributed by atoms with Crippen molar-refractivity contribution >= 4 is 18.2 Å². The molecule has 200 valence electrons. The Morgan fingerprint density at radius 1 is 1.05 bits per heavy atom. The van der Waals surface area contributed by atoms with Gasteiger partial charge in [-0.25, -0.2) is 4.79 Å². The van der Waals surface area contributed by atoms with Crippen LogP contribution in [0.4, 0.5) is 0 Å². The van der Waals surface area contributed by atoms with Crippen LogP contribution in [-0.4, -0.2) is 52.8 Å². The Hall–Kier alpha value is -2.52. The van der Waals surface area contributed by atoms with Gasteiger partial charge in [0, 0.05) is 37.7 Å². The van der Waals surface area contributed by atoms with E-state index in [1.165, 1.54) is 26.2 Å². The summed E-state index contributed by atoms with van der Waals surface area (Å²) in [6.07, 6.45) is 4.84. The SMILES string of the molecule is CC(=O)O[C@@H]1CC[C@@]2(C=O)[C@@H]3CC[C@]4(C)[C@H](c5ccc(=O)oc5)[C@@H](OC(C)=O)[C@@H]5O[C@@]54[C@@H]3CC[C@]2(O)C1. The van der Waals surface area contributed by atoms with Gasteiger partial charge in [-0.2, -0.15) is 0 Å². The molecule has 10 atom stereocenters. The van der Waals surface area contributed by atoms with Gasteiger partial charge in [-0.05, 0) is 62.0 Å². The maximum absolute atomic E-state index is 12.9. The van der Waals surface area contributed by atoms with E-state index in [2.05, 4.69) is 6.92 Å². The molecule has 4 saturated carbocycles. The number of carbonyl (C=O) groups is 3. The molecule has 1 aromatic heterocycles. The van der Waals surface area contributed by atoms with Gasteiger partial charge in [-0.15, -0.1) is 0 Å². The molecule has 1 N–H and O–H groups in total. The maximum atomic E-state index is 12.9. The average Bonchev–Trinajstić information content (AvgIpc) is 3.53. The van der Waals surface area contributed by atoms with Crippen molar-refractivity contribution in [2.75, 3.05) is 0 Å². The second-order valence-corrected chi connectivity index (χ2v) is 12.1. The Morgan fingerprint density at radius 2 is 1.78 bits per heavy atom. The predicted octanol–water partition coefficient (Wildman–Crippen LogP) is 2.66. The number of carbonyl (C=O) groups excluding carboxylic acids is 3. The highest BCUT2D eigenvalue weighted by Gasteiger charge is 2.85. The first-order valence-corrected chi connectivity index (χ1v) is 13.3. The van der Waals surface area contributed by atoms with Gasteiger partial charge in [-0.1, -0.05) is 6.92 Å². The van der Waals surface area contributed by atoms with Crippen LogP contribution < -0.4 is 5.63 Å². The zero-order valence-corrected chi connectivity index (χ0v) is 21.4. The predicted molar refractivity (Wildman–Crippen MR) is 127 cm³/mol. The fraction of sp³-hybridized carbons (Fsp3) is 0.714. The van der Waals surface area contributed by atoms with E-state index in [1.807, 2.05) is 0 Å². The Kier molecular flexibility index (Phi) is 5.36. The first-order valence-electron chi connectivity index (χ1n) is 13.3. The minimum Gasteiger partial charge on any atom is -0.462 e. The number of rotatable bonds is 4. The first kappa shape index (κ1) is 24.8. The van der Waals surface area contributed by atoms with Gasteiger partial charge in [0.1, 0.15) is 30.2 Å². The molecule has 5 aliphatic rings. The third kappa shape index (κ3) is 3.16. The van der Waals surface area contributed by atoms with E-state index in [9.17, 15) is 24.3 Å². The first-order chi connectivity index (χ1) is 17.5. The third-order valence-electron chi connectivity index (χ3n) is 10.7. The summed E-state index contributed by atoms with van der Waals surface area (Å²) in [6, 6.07) is 3.13. The van der Waals surface area contributed by atoms with Gasteiger partial charge in [0.2, 0.25) is 0 Å². The highest BCUT2D eigenvalue weighted by molar-refractivity contribution is 5.68. The van der Waals surface area contributed by atoms with Crippen LogP contribution in [-0.2, 0) is 28.6 Å². The summed E-state index contributed by atoms with van der Waals surface area (Å²) < 4.78 is 23.1. The molecule has 1 aromatic rings. The number of hydrogen-bond donors (Lipinski definition) is 1. The van der Waals surface area contributed by atoms with E-state index in [4.69, 9.17) is 18.6 Å². The van der Waals surface area contributed by atoms with E-state index in [0.717, 1.165) is 11.8 Å². The van der Waals surface area contributed by atoms with Crippen molar-refractivity contribution < 1.29 is 38.1 Å². The molecule has 0 amide bonds. The molecule has 6 rings (SSSR count). The molecule has 0 radical (unpaired) electrons. The van der Waals surface area contributed by atoms with Crippen LogP contribution in [0.3, 0.4) is 0 Å². The summed E-state index contributed by atoms with van der Waals surface area (Å²) in [5.41, 5.74) is -2.89. The smallest absolute Gasteiger partial charge is 0.335 e. The van der Waals surface area contributed by atoms with E-state index in [-0.39, 0.29) is 36.2 Å². The van der Waals surface area contributed by atoms with Crippen molar-refractivity contribution in [1.82, 2.24) is 0 Å². The summed E-state index contributed by atoms with van der Waals surface area (Å²) in [7, 11) is 0. The Morgan fingerprint density at radius 3 is 2.43 bits per heavy atom. The Labute approximate surface area is 214 Å². The van der Waals surface area contributed by atoms with Crippen LogP contribution in [0.15, 0.2) is 27.6 Å². The molecule has 1 saturated heterocycles. The van der Waals surface area contributed by atoms with Crippen molar-refractivity contribution in [3.05, 3.63) is 34.4 Å². The lowest BCUT2D eigenvalue weighted by Gasteiger charge is -2.62. The van der Waals surface area contributed by atoms with Crippen molar-refractivity contribution in [2.24, 2.45) is 22.7 Å². The van der Waals surface area contributed by atoms with Gasteiger partial charge < -0.3 is 28.5 Å². The molecule has 9 nitrogen and oxygen atoms in total. The van der Waals surface area contributed by atoms with Crippen LogP contribution in [0.2, 0.25) is 0 Å². The van der Waals surface area contributed by atoms with Crippen molar-refractivity contribution in [1.29, 1.82) is 0 Å². The standard InChI is InChI=1S/C28H34O9/c1-15(30)35-18-6-10-26(14-29)19-7-9-25(3)22(17-4-5-21(32)34-13-17)23(36-16(2)31)24-28(25,37-24)20(19)8-11-27(26,33)12-18/h4-5,13-14,18-20,22-24,33H,6-12H2,1-3H3/t18-,19-,20-,22-,23-,24+,25-,26-,27+,28+/m1/s1. The fourth-order valence-electron chi connectivity index (χ4n) is 9.36. The molecule has 2 heterocycles. The van der Waals surface area contributed by atoms with Crippen LogP contribution in [0.25, 0.3) is 0 Å². The zero-order valence-electron chi connectivity index (χ0n) is 21.4. The number of fused-ring (bicyclic) bond motifs is 3. The number of aldehydes is 1. The van der Waals surface area contributed by atoms with Crippen molar-refractivity contribution in [3.8, 4) is 0 Å². The topological polar surface area (TPSA) is 133 Å². The fourth-order valence-corrected chi connectivity index (χ4v) is 9.36. The van der Waals surface area contributed by atoms with Crippen molar-refractivity contribution in [3.63, 3.8) is 0 Å². The van der Waals surface area contributed by atoms with Crippen LogP contribution in [0.1, 0.15) is 77.2 Å². The third-order valence-corrected chi connectivity index (χ3v) is 10.7. The summed E-state index contributed by atoms with van der Waals surface area (Å²) >= 11 is 0. The maximum Gasteiger partial charge on any atom is 0.335 e. The van der Waals surface area contributed by atoms with E-state index >= 15 is 0 Å². The lowest BCUT2D eigenvalue weighted by atomic mass is 9.42. The largest absolute Gasteiger partial charge is 0.462 e. The minimum absolute atomic E-state index is 0.00854. The lowest BCUT2D eigenvalue weighted by Crippen LogP contribution is -2.67. The van der Waals surface area contributed by atoms with E-state index in [1.54, 1.807) is 6.07 Å². The zero-order chi connectivity index (χ0) is 26.4. The highest BCUT2D eigenvalue weighted by Crippen LogP contribution is 2.78. The lowest BCUT2D eigenvalue weighted by molar-refractivity contribution is -0.223. The van der Waals surface area contributed by atoms with Crippen LogP contribution in [0.5, 0.6) is 0 Å². The summed E-state index contributed by atoms with van der Waals surface area (Å²) in [4.78, 5) is 48.3. The molecule has 37 heavy (non-hydrogen) atoms. The van der Waals surface area contributed by atoms with Crippen molar-refractivity contribution in [2.45, 2.75) is 101 Å². The summed E-state index contributed by atoms with van der Waals surface area (Å²) in [5.74, 6) is -1.12. The van der Waals surface area contributed by atoms with Gasteiger partial charge >= 0.3 is 17.6 Å². The molecule has 9 heteroatoms. The Balaban J connectivity index is 1.39. The van der Waals surface area contributed by atoms with E-state index in [0.29, 0.717) is 38.5 Å². The molecule has 1 spiro atoms. The van der Waals surface area contributed by atoms with Gasteiger partial charge in [0.25, 0.3) is 0 Å². The molecular formula is C28H34O9. The van der Waals surface area contributed by atoms with Gasteiger partial charge in [-0.3, -0.25) is 9.59 Å². The molecule has 4 aliphatic carbocycles. The number of aliphatic hydroxyl groups is 1. The van der Waals surface area contributed by atoms with Crippen LogP contribution in [0, 0.1) is 22.7 Å². The number of esters is 2. The summed E-state index contributed by atoms with van der Waals surface area (Å²) in [5, 5.41) is 11.9. The molecule has 5 fully saturated rings. The molecule has 0 bridgehead atoms. The second-order valence-electron chi connectivity index (χ2n) is 12.1. The molecule has 0 aromatic carbocycles. The monoisotopic (exact) mass is 514 g/mol. The van der Waals surface area contributed by atoms with Gasteiger partial charge in [0.05, 0.1) is 17.3 Å². The summed E-state index contributed by atoms with van der Waals surface area (Å²) in [6.45, 7) is 4.91. The molecule has 1 aliphatic heterocycles. The minimum atomic E-state index is -1.25. The van der Waals surface area contributed by atoms with E-state index < -0.39 is 45.8 Å². The highest BCUT2D eigenvalue weighted by atomic mass is 16.7. The second kappa shape index (κ2) is 7.99. The van der Waals surface area contributed by atoms with Gasteiger partial charge in [0.15, 0.2) is 0 Å². The average molecular weight is 515 g/mol.